The van der Waals surface area contributed by atoms with Gasteiger partial charge in [-0.1, -0.05) is 13.3 Å². The third kappa shape index (κ3) is 4.18. The minimum absolute atomic E-state index is 0.590. The highest BCUT2D eigenvalue weighted by Gasteiger charge is 2.13. The predicted molar refractivity (Wildman–Crippen MR) is 35.5 cm³/mol. The molecule has 0 saturated heterocycles. The lowest BCUT2D eigenvalue weighted by Crippen LogP contribution is -2.35. The highest BCUT2D eigenvalue weighted by atomic mass is 16.7. The Morgan fingerprint density at radius 1 is 1.60 bits per heavy atom. The Hall–Kier alpha value is -0.730. The number of hydrogen-bond acceptors (Lipinski definition) is 3. The topological polar surface area (TPSA) is 49.4 Å². The summed E-state index contributed by atoms with van der Waals surface area (Å²) in [6.07, 6.45) is 0.180. The summed E-state index contributed by atoms with van der Waals surface area (Å²) >= 11 is 0. The summed E-state index contributed by atoms with van der Waals surface area (Å²) in [6.45, 7) is 5.43. The Kier molecular flexibility index (Phi) is 3.19. The van der Waals surface area contributed by atoms with Crippen LogP contribution in [0.25, 0.3) is 0 Å². The summed E-state index contributed by atoms with van der Waals surface area (Å²) in [6, 6.07) is 0. The third-order valence-corrected chi connectivity index (χ3v) is 1.21. The summed E-state index contributed by atoms with van der Waals surface area (Å²) in [5, 5.41) is 9.96. The van der Waals surface area contributed by atoms with Gasteiger partial charge in [-0.15, -0.1) is 0 Å². The molecule has 0 atom stereocenters. The summed E-state index contributed by atoms with van der Waals surface area (Å²) in [4.78, 5) is 9.96. The first-order valence-corrected chi connectivity index (χ1v) is 3.38. The molecule has 0 rings (SSSR count). The smallest absolute Gasteiger partial charge is 0.252 e. The minimum atomic E-state index is -1.45. The van der Waals surface area contributed by atoms with Crippen LogP contribution in [-0.2, 0) is 4.74 Å². The molecule has 0 aliphatic carbocycles. The van der Waals surface area contributed by atoms with Crippen molar-refractivity contribution in [2.75, 3.05) is 0 Å². The molecule has 10 heavy (non-hydrogen) atoms. The number of carbonyl (C=O) groups excluding carboxylic acids is 1. The van der Waals surface area contributed by atoms with E-state index in [0.717, 1.165) is 12.8 Å². The Balaban J connectivity index is 3.74. The zero-order valence-electron chi connectivity index (χ0n) is 6.64. The van der Waals surface area contributed by atoms with Crippen LogP contribution in [0.3, 0.4) is 0 Å². The SMILES string of the molecule is CCCC(C)(C)OC(=O)[O-]. The van der Waals surface area contributed by atoms with E-state index >= 15 is 0 Å². The van der Waals surface area contributed by atoms with Crippen molar-refractivity contribution in [1.82, 2.24) is 0 Å². The van der Waals surface area contributed by atoms with Crippen molar-refractivity contribution in [3.05, 3.63) is 0 Å². The van der Waals surface area contributed by atoms with Crippen LogP contribution in [0, 0.1) is 0 Å². The van der Waals surface area contributed by atoms with Gasteiger partial charge in [-0.2, -0.15) is 0 Å². The molecule has 0 aliphatic heterocycles. The second-order valence-corrected chi connectivity index (χ2v) is 2.86. The van der Waals surface area contributed by atoms with Gasteiger partial charge in [0, 0.05) is 5.60 Å². The van der Waals surface area contributed by atoms with Crippen molar-refractivity contribution in [3.8, 4) is 0 Å². The molecule has 0 spiro atoms. The fourth-order valence-electron chi connectivity index (χ4n) is 0.879. The summed E-state index contributed by atoms with van der Waals surface area (Å²) in [5.74, 6) is 0. The molecule has 3 nitrogen and oxygen atoms in total. The molecular weight excluding hydrogens is 132 g/mol. The maximum absolute atomic E-state index is 9.96. The van der Waals surface area contributed by atoms with Crippen LogP contribution in [0.1, 0.15) is 33.6 Å². The van der Waals surface area contributed by atoms with E-state index in [9.17, 15) is 9.90 Å². The lowest BCUT2D eigenvalue weighted by Gasteiger charge is -2.29. The lowest BCUT2D eigenvalue weighted by molar-refractivity contribution is -0.293. The summed E-state index contributed by atoms with van der Waals surface area (Å²) < 4.78 is 4.48. The number of ether oxygens (including phenoxy) is 1. The van der Waals surface area contributed by atoms with Crippen molar-refractivity contribution < 1.29 is 14.6 Å². The van der Waals surface area contributed by atoms with Gasteiger partial charge in [-0.3, -0.25) is 0 Å². The molecule has 0 aromatic rings. The van der Waals surface area contributed by atoms with Crippen LogP contribution in [-0.4, -0.2) is 11.8 Å². The number of rotatable bonds is 3. The Bertz CT molecular complexity index is 118. The largest absolute Gasteiger partial charge is 0.544 e. The Morgan fingerprint density at radius 2 is 2.10 bits per heavy atom. The second-order valence-electron chi connectivity index (χ2n) is 2.86. The lowest BCUT2D eigenvalue weighted by atomic mass is 10.0. The quantitative estimate of drug-likeness (QED) is 0.555. The molecule has 0 bridgehead atoms. The molecule has 0 aromatic heterocycles. The van der Waals surface area contributed by atoms with E-state index in [1.165, 1.54) is 0 Å². The minimum Gasteiger partial charge on any atom is -0.544 e. The number of carbonyl (C=O) groups is 1. The van der Waals surface area contributed by atoms with Crippen molar-refractivity contribution in [3.63, 3.8) is 0 Å². The second kappa shape index (κ2) is 3.44. The van der Waals surface area contributed by atoms with Gasteiger partial charge in [0.1, 0.15) is 0 Å². The van der Waals surface area contributed by atoms with Crippen molar-refractivity contribution in [1.29, 1.82) is 0 Å². The van der Waals surface area contributed by atoms with E-state index in [1.807, 2.05) is 6.92 Å². The van der Waals surface area contributed by atoms with Gasteiger partial charge in [0.15, 0.2) is 0 Å². The molecule has 0 N–H and O–H groups in total. The van der Waals surface area contributed by atoms with Gasteiger partial charge in [0.05, 0.1) is 0 Å². The van der Waals surface area contributed by atoms with Crippen LogP contribution >= 0.6 is 0 Å². The molecule has 0 heterocycles. The average Bonchev–Trinajstić information content (AvgIpc) is 1.59. The molecule has 0 unspecified atom stereocenters. The van der Waals surface area contributed by atoms with Crippen LogP contribution < -0.4 is 5.11 Å². The van der Waals surface area contributed by atoms with E-state index in [2.05, 4.69) is 4.74 Å². The molecular formula is C7H13O3-. The van der Waals surface area contributed by atoms with Gasteiger partial charge in [-0.25, -0.2) is 0 Å². The Labute approximate surface area is 61.0 Å². The molecule has 0 aromatic carbocycles. The number of hydrogen-bond donors (Lipinski definition) is 0. The van der Waals surface area contributed by atoms with Gasteiger partial charge in [0.2, 0.25) is 0 Å². The van der Waals surface area contributed by atoms with Crippen molar-refractivity contribution in [2.45, 2.75) is 39.2 Å². The first kappa shape index (κ1) is 9.27. The maximum Gasteiger partial charge on any atom is 0.252 e. The highest BCUT2D eigenvalue weighted by molar-refractivity contribution is 5.54. The van der Waals surface area contributed by atoms with Crippen molar-refractivity contribution >= 4 is 6.16 Å². The monoisotopic (exact) mass is 145 g/mol. The molecule has 60 valence electrons. The molecule has 0 amide bonds. The zero-order valence-corrected chi connectivity index (χ0v) is 6.64. The Morgan fingerprint density at radius 3 is 2.40 bits per heavy atom. The van der Waals surface area contributed by atoms with Crippen LogP contribution in [0.4, 0.5) is 4.79 Å². The van der Waals surface area contributed by atoms with E-state index < -0.39 is 11.8 Å². The van der Waals surface area contributed by atoms with Gasteiger partial charge >= 0.3 is 0 Å². The molecule has 3 heteroatoms. The maximum atomic E-state index is 9.96. The van der Waals surface area contributed by atoms with Gasteiger partial charge in [0.25, 0.3) is 6.16 Å². The first-order valence-electron chi connectivity index (χ1n) is 3.38. The van der Waals surface area contributed by atoms with E-state index in [0.29, 0.717) is 0 Å². The molecule has 0 fully saturated rings. The van der Waals surface area contributed by atoms with E-state index in [1.54, 1.807) is 13.8 Å². The predicted octanol–water partition coefficient (Wildman–Crippen LogP) is 0.925. The van der Waals surface area contributed by atoms with E-state index in [4.69, 9.17) is 0 Å². The summed E-state index contributed by atoms with van der Waals surface area (Å²) in [5.41, 5.74) is -0.590. The van der Waals surface area contributed by atoms with Gasteiger partial charge < -0.3 is 14.6 Å². The van der Waals surface area contributed by atoms with Crippen LogP contribution in [0.15, 0.2) is 0 Å². The third-order valence-electron chi connectivity index (χ3n) is 1.21. The molecule has 0 radical (unpaired) electrons. The molecule has 0 aliphatic rings. The average molecular weight is 145 g/mol. The summed E-state index contributed by atoms with van der Waals surface area (Å²) in [7, 11) is 0. The fourth-order valence-corrected chi connectivity index (χ4v) is 0.879. The highest BCUT2D eigenvalue weighted by Crippen LogP contribution is 2.15. The first-order chi connectivity index (χ1) is 4.48. The van der Waals surface area contributed by atoms with Crippen LogP contribution in [0.5, 0.6) is 0 Å². The zero-order chi connectivity index (χ0) is 8.20. The molecule has 0 saturated carbocycles. The standard InChI is InChI=1S/C7H14O3/c1-4-5-7(2,3)10-6(8)9/h4-5H2,1-3H3,(H,8,9)/p-1. The van der Waals surface area contributed by atoms with E-state index in [-0.39, 0.29) is 0 Å². The van der Waals surface area contributed by atoms with Crippen LogP contribution in [0.2, 0.25) is 0 Å². The number of carboxylic acid groups (broad SMARTS) is 1. The van der Waals surface area contributed by atoms with Crippen molar-refractivity contribution in [2.24, 2.45) is 0 Å². The van der Waals surface area contributed by atoms with Gasteiger partial charge in [-0.05, 0) is 20.3 Å². The normalized spacial score (nSPS) is 11.1. The fraction of sp³-hybridized carbons (Fsp3) is 0.857.